The van der Waals surface area contributed by atoms with Gasteiger partial charge in [0.25, 0.3) is 0 Å². The van der Waals surface area contributed by atoms with Gasteiger partial charge in [0.05, 0.1) is 0 Å². The van der Waals surface area contributed by atoms with E-state index in [1.165, 1.54) is 83.5 Å². The fourth-order valence-corrected chi connectivity index (χ4v) is 4.29. The van der Waals surface area contributed by atoms with Gasteiger partial charge in [-0.1, -0.05) is 105 Å². The van der Waals surface area contributed by atoms with Crippen molar-refractivity contribution in [2.75, 3.05) is 0 Å². The van der Waals surface area contributed by atoms with Gasteiger partial charge in [-0.25, -0.2) is 0 Å². The minimum absolute atomic E-state index is 0.0600. The Labute approximate surface area is 158 Å². The monoisotopic (exact) mass is 352 g/mol. The van der Waals surface area contributed by atoms with Gasteiger partial charge in [-0.3, -0.25) is 4.79 Å². The molecule has 0 aliphatic rings. The van der Waals surface area contributed by atoms with Crippen molar-refractivity contribution in [3.05, 3.63) is 0 Å². The van der Waals surface area contributed by atoms with E-state index in [4.69, 9.17) is 0 Å². The van der Waals surface area contributed by atoms with Crippen molar-refractivity contribution in [1.29, 1.82) is 0 Å². The summed E-state index contributed by atoms with van der Waals surface area (Å²) in [5.74, 6) is 1.06. The Morgan fingerprint density at radius 3 is 1.60 bits per heavy atom. The second-order valence-corrected chi connectivity index (χ2v) is 8.23. The van der Waals surface area contributed by atoms with Crippen LogP contribution >= 0.6 is 0 Å². The van der Waals surface area contributed by atoms with Gasteiger partial charge in [-0.2, -0.15) is 0 Å². The normalized spacial score (nSPS) is 16.2. The van der Waals surface area contributed by atoms with Crippen molar-refractivity contribution >= 4 is 6.41 Å². The van der Waals surface area contributed by atoms with Crippen molar-refractivity contribution < 1.29 is 4.79 Å². The molecule has 0 rings (SSSR count). The number of hydrogen-bond acceptors (Lipinski definition) is 1. The van der Waals surface area contributed by atoms with Gasteiger partial charge >= 0.3 is 6.41 Å². The zero-order chi connectivity index (χ0) is 19.0. The fraction of sp³-hybridized carbons (Fsp3) is 0.957. The third kappa shape index (κ3) is 9.66. The lowest BCUT2D eigenvalue weighted by Crippen LogP contribution is -2.55. The first-order valence-corrected chi connectivity index (χ1v) is 11.2. The van der Waals surface area contributed by atoms with Gasteiger partial charge in [0.1, 0.15) is 0 Å². The highest BCUT2D eigenvalue weighted by Gasteiger charge is 2.39. The van der Waals surface area contributed by atoms with Crippen LogP contribution < -0.4 is 5.32 Å². The third-order valence-electron chi connectivity index (χ3n) is 6.22. The summed E-state index contributed by atoms with van der Waals surface area (Å²) in [6.45, 7) is 11.5. The number of rotatable bonds is 18. The molecule has 2 unspecified atom stereocenters. The quantitative estimate of drug-likeness (QED) is 0.205. The highest BCUT2D eigenvalue weighted by molar-refractivity contribution is 5.49. The minimum atomic E-state index is -0.0600. The standard InChI is InChI=1S/C23H46NO/c1-6-9-12-13-14-15-16-19-23(24-20-25,21(4)17-10-7-2)22(5)18-11-8-3/h21-22H,6-19H2,1-5H3,(H,24,25). The van der Waals surface area contributed by atoms with Crippen molar-refractivity contribution in [2.45, 2.75) is 130 Å². The average molecular weight is 353 g/mol. The van der Waals surface area contributed by atoms with Crippen LogP contribution in [0.3, 0.4) is 0 Å². The molecule has 0 aliphatic heterocycles. The number of nitrogens with one attached hydrogen (secondary N) is 1. The van der Waals surface area contributed by atoms with E-state index in [2.05, 4.69) is 46.3 Å². The lowest BCUT2D eigenvalue weighted by atomic mass is 9.69. The Hall–Kier alpha value is -0.530. The maximum Gasteiger partial charge on any atom is 0.309 e. The van der Waals surface area contributed by atoms with Crippen LogP contribution in [0.2, 0.25) is 0 Å². The molecule has 1 radical (unpaired) electrons. The molecule has 25 heavy (non-hydrogen) atoms. The largest absolute Gasteiger partial charge is 0.342 e. The van der Waals surface area contributed by atoms with E-state index >= 15 is 0 Å². The van der Waals surface area contributed by atoms with E-state index in [1.54, 1.807) is 0 Å². The molecule has 1 N–H and O–H groups in total. The van der Waals surface area contributed by atoms with Gasteiger partial charge in [0.2, 0.25) is 0 Å². The predicted octanol–water partition coefficient (Wildman–Crippen LogP) is 7.18. The van der Waals surface area contributed by atoms with Gasteiger partial charge in [-0.15, -0.1) is 0 Å². The van der Waals surface area contributed by atoms with Crippen molar-refractivity contribution in [2.24, 2.45) is 11.8 Å². The van der Waals surface area contributed by atoms with E-state index in [0.717, 1.165) is 6.42 Å². The molecule has 0 saturated heterocycles. The van der Waals surface area contributed by atoms with Crippen LogP contribution in [0, 0.1) is 11.8 Å². The number of hydrogen-bond donors (Lipinski definition) is 1. The van der Waals surface area contributed by atoms with Crippen molar-refractivity contribution in [3.8, 4) is 0 Å². The molecule has 2 heteroatoms. The summed E-state index contributed by atoms with van der Waals surface area (Å²) in [5, 5.41) is 3.22. The van der Waals surface area contributed by atoms with Crippen LogP contribution in [0.4, 0.5) is 0 Å². The van der Waals surface area contributed by atoms with Crippen LogP contribution in [-0.2, 0) is 4.79 Å². The molecular weight excluding hydrogens is 306 g/mol. The summed E-state index contributed by atoms with van der Waals surface area (Å²) in [4.78, 5) is 11.3. The molecule has 0 saturated carbocycles. The fourth-order valence-electron chi connectivity index (χ4n) is 4.29. The van der Waals surface area contributed by atoms with Crippen LogP contribution in [0.25, 0.3) is 0 Å². The van der Waals surface area contributed by atoms with Crippen molar-refractivity contribution in [1.82, 2.24) is 5.32 Å². The van der Waals surface area contributed by atoms with E-state index in [9.17, 15) is 4.79 Å². The number of unbranched alkanes of at least 4 members (excludes halogenated alkanes) is 8. The SMILES string of the molecule is CCCCCCCCCC(N[C]=O)(C(C)CCCC)C(C)CCCC. The molecule has 0 fully saturated rings. The summed E-state index contributed by atoms with van der Waals surface area (Å²) >= 11 is 0. The van der Waals surface area contributed by atoms with Gasteiger partial charge in [-0.05, 0) is 31.1 Å². The molecule has 0 aliphatic carbocycles. The molecule has 2 nitrogen and oxygen atoms in total. The smallest absolute Gasteiger partial charge is 0.309 e. The second-order valence-electron chi connectivity index (χ2n) is 8.23. The molecule has 2 atom stereocenters. The molecule has 1 amide bonds. The molecule has 0 spiro atoms. The van der Waals surface area contributed by atoms with Gasteiger partial charge in [0, 0.05) is 5.54 Å². The average Bonchev–Trinajstić information content (AvgIpc) is 2.62. The maximum absolute atomic E-state index is 11.3. The molecule has 0 aromatic carbocycles. The van der Waals surface area contributed by atoms with Gasteiger partial charge < -0.3 is 5.32 Å². The Morgan fingerprint density at radius 2 is 1.16 bits per heavy atom. The predicted molar refractivity (Wildman–Crippen MR) is 112 cm³/mol. The van der Waals surface area contributed by atoms with E-state index in [0.29, 0.717) is 11.8 Å². The lowest BCUT2D eigenvalue weighted by Gasteiger charge is -2.44. The lowest BCUT2D eigenvalue weighted by molar-refractivity contribution is 0.131. The topological polar surface area (TPSA) is 29.1 Å². The first-order chi connectivity index (χ1) is 12.1. The summed E-state index contributed by atoms with van der Waals surface area (Å²) in [6.07, 6.45) is 19.9. The zero-order valence-electron chi connectivity index (χ0n) is 18.0. The molecule has 0 bridgehead atoms. The Bertz CT molecular complexity index is 288. The highest BCUT2D eigenvalue weighted by atomic mass is 16.1. The maximum atomic E-state index is 11.3. The molecule has 0 aromatic rings. The van der Waals surface area contributed by atoms with Crippen LogP contribution in [-0.4, -0.2) is 11.9 Å². The van der Waals surface area contributed by atoms with Crippen molar-refractivity contribution in [3.63, 3.8) is 0 Å². The Morgan fingerprint density at radius 1 is 0.720 bits per heavy atom. The molecule has 149 valence electrons. The van der Waals surface area contributed by atoms with Gasteiger partial charge in [0.15, 0.2) is 0 Å². The molecule has 0 aromatic heterocycles. The zero-order valence-corrected chi connectivity index (χ0v) is 18.0. The van der Waals surface area contributed by atoms with Crippen LogP contribution in [0.15, 0.2) is 0 Å². The summed E-state index contributed by atoms with van der Waals surface area (Å²) in [5.41, 5.74) is -0.0600. The second kappa shape index (κ2) is 15.7. The minimum Gasteiger partial charge on any atom is -0.342 e. The van der Waals surface area contributed by atoms with Crippen LogP contribution in [0.5, 0.6) is 0 Å². The first kappa shape index (κ1) is 24.5. The highest BCUT2D eigenvalue weighted by Crippen LogP contribution is 2.37. The summed E-state index contributed by atoms with van der Waals surface area (Å²) in [6, 6.07) is 0. The van der Waals surface area contributed by atoms with E-state index in [1.807, 2.05) is 0 Å². The van der Waals surface area contributed by atoms with E-state index < -0.39 is 0 Å². The Kier molecular flexibility index (Phi) is 15.4. The Balaban J connectivity index is 4.78. The first-order valence-electron chi connectivity index (χ1n) is 11.2. The number of amides is 1. The van der Waals surface area contributed by atoms with Crippen LogP contribution in [0.1, 0.15) is 125 Å². The third-order valence-corrected chi connectivity index (χ3v) is 6.22. The summed E-state index contributed by atoms with van der Waals surface area (Å²) < 4.78 is 0. The number of carbonyl (C=O) groups excluding carboxylic acids is 1. The summed E-state index contributed by atoms with van der Waals surface area (Å²) in [7, 11) is 0. The molecule has 0 heterocycles. The molecular formula is C23H46NO. The van der Waals surface area contributed by atoms with E-state index in [-0.39, 0.29) is 5.54 Å².